The predicted molar refractivity (Wildman–Crippen MR) is 69.4 cm³/mol. The molecule has 18 heavy (non-hydrogen) atoms. The molecule has 0 spiro atoms. The summed E-state index contributed by atoms with van der Waals surface area (Å²) in [6, 6.07) is 7.72. The van der Waals surface area contributed by atoms with Gasteiger partial charge in [-0.15, -0.1) is 10.2 Å². The Morgan fingerprint density at radius 2 is 2.33 bits per heavy atom. The molecular weight excluding hydrogens is 248 g/mol. The van der Waals surface area contributed by atoms with Crippen LogP contribution in [0.15, 0.2) is 29.8 Å². The van der Waals surface area contributed by atoms with Gasteiger partial charge in [0.05, 0.1) is 0 Å². The van der Waals surface area contributed by atoms with Crippen LogP contribution >= 0.6 is 11.3 Å². The summed E-state index contributed by atoms with van der Waals surface area (Å²) in [7, 11) is 0. The Labute approximate surface area is 108 Å². The fourth-order valence-electron chi connectivity index (χ4n) is 2.14. The summed E-state index contributed by atoms with van der Waals surface area (Å²) in [5.74, 6) is -0.0844. The molecule has 1 aliphatic rings. The van der Waals surface area contributed by atoms with Crippen molar-refractivity contribution in [1.29, 1.82) is 0 Å². The zero-order valence-electron chi connectivity index (χ0n) is 9.59. The standard InChI is InChI=1S/C12H12N4OS/c17-11(15-12-16-14-7-18-12)10-9-4-2-1-3-8(9)5-6-13-10/h1-4,7,10,13H,5-6H2,(H,15,16,17). The molecule has 1 atom stereocenters. The monoisotopic (exact) mass is 260 g/mol. The first-order valence-corrected chi connectivity index (χ1v) is 6.61. The van der Waals surface area contributed by atoms with Crippen molar-refractivity contribution in [3.05, 3.63) is 40.9 Å². The molecule has 1 aliphatic heterocycles. The molecule has 0 saturated carbocycles. The van der Waals surface area contributed by atoms with Crippen molar-refractivity contribution in [2.75, 3.05) is 11.9 Å². The molecule has 0 fully saturated rings. The quantitative estimate of drug-likeness (QED) is 0.855. The zero-order chi connectivity index (χ0) is 12.4. The first kappa shape index (κ1) is 11.3. The van der Waals surface area contributed by atoms with E-state index < -0.39 is 0 Å². The summed E-state index contributed by atoms with van der Waals surface area (Å²) < 4.78 is 0. The molecule has 6 heteroatoms. The summed E-state index contributed by atoms with van der Waals surface area (Å²) in [4.78, 5) is 12.2. The summed E-state index contributed by atoms with van der Waals surface area (Å²) in [5.41, 5.74) is 3.87. The van der Waals surface area contributed by atoms with Gasteiger partial charge in [-0.05, 0) is 17.5 Å². The molecule has 0 saturated heterocycles. The molecule has 2 heterocycles. The number of rotatable bonds is 2. The van der Waals surface area contributed by atoms with Gasteiger partial charge in [0.2, 0.25) is 11.0 Å². The maximum Gasteiger partial charge on any atom is 0.247 e. The maximum atomic E-state index is 12.2. The van der Waals surface area contributed by atoms with Crippen molar-refractivity contribution in [1.82, 2.24) is 15.5 Å². The topological polar surface area (TPSA) is 66.9 Å². The number of nitrogens with zero attached hydrogens (tertiary/aromatic N) is 2. The first-order chi connectivity index (χ1) is 8.84. The Morgan fingerprint density at radius 3 is 3.17 bits per heavy atom. The number of benzene rings is 1. The number of nitrogens with one attached hydrogen (secondary N) is 2. The molecule has 2 N–H and O–H groups in total. The van der Waals surface area contributed by atoms with E-state index in [4.69, 9.17) is 0 Å². The third-order valence-electron chi connectivity index (χ3n) is 2.96. The van der Waals surface area contributed by atoms with Gasteiger partial charge in [-0.25, -0.2) is 0 Å². The number of carbonyl (C=O) groups excluding carboxylic acids is 1. The Balaban J connectivity index is 1.83. The molecular formula is C12H12N4OS. The van der Waals surface area contributed by atoms with E-state index in [1.807, 2.05) is 18.2 Å². The minimum Gasteiger partial charge on any atom is -0.302 e. The van der Waals surface area contributed by atoms with E-state index in [1.54, 1.807) is 5.51 Å². The molecule has 2 aromatic rings. The van der Waals surface area contributed by atoms with Crippen LogP contribution in [0.1, 0.15) is 17.2 Å². The molecule has 1 aromatic heterocycles. The second-order valence-corrected chi connectivity index (χ2v) is 4.90. The second-order valence-electron chi connectivity index (χ2n) is 4.07. The van der Waals surface area contributed by atoms with E-state index in [0.717, 1.165) is 18.5 Å². The van der Waals surface area contributed by atoms with Crippen molar-refractivity contribution in [3.8, 4) is 0 Å². The molecule has 1 aromatic carbocycles. The largest absolute Gasteiger partial charge is 0.302 e. The minimum absolute atomic E-state index is 0.0844. The number of amides is 1. The Morgan fingerprint density at radius 1 is 1.44 bits per heavy atom. The lowest BCUT2D eigenvalue weighted by atomic mass is 9.94. The molecule has 1 unspecified atom stereocenters. The Hall–Kier alpha value is -1.79. The summed E-state index contributed by atoms with van der Waals surface area (Å²) in [6.45, 7) is 0.811. The summed E-state index contributed by atoms with van der Waals surface area (Å²) >= 11 is 1.31. The first-order valence-electron chi connectivity index (χ1n) is 5.73. The van der Waals surface area contributed by atoms with Gasteiger partial charge < -0.3 is 5.32 Å². The van der Waals surface area contributed by atoms with Crippen LogP contribution in [0.3, 0.4) is 0 Å². The number of carbonyl (C=O) groups is 1. The molecule has 1 amide bonds. The normalized spacial score (nSPS) is 18.1. The maximum absolute atomic E-state index is 12.2. The number of hydrogen-bond donors (Lipinski definition) is 2. The lowest BCUT2D eigenvalue weighted by Gasteiger charge is -2.25. The molecule has 0 bridgehead atoms. The van der Waals surface area contributed by atoms with E-state index in [2.05, 4.69) is 26.9 Å². The highest BCUT2D eigenvalue weighted by Crippen LogP contribution is 2.24. The van der Waals surface area contributed by atoms with Crippen LogP contribution in [0.5, 0.6) is 0 Å². The highest BCUT2D eigenvalue weighted by molar-refractivity contribution is 7.13. The summed E-state index contributed by atoms with van der Waals surface area (Å²) in [6.07, 6.45) is 0.957. The number of hydrogen-bond acceptors (Lipinski definition) is 5. The lowest BCUT2D eigenvalue weighted by Crippen LogP contribution is -2.38. The van der Waals surface area contributed by atoms with Crippen molar-refractivity contribution in [2.24, 2.45) is 0 Å². The van der Waals surface area contributed by atoms with Gasteiger partial charge in [0, 0.05) is 6.54 Å². The van der Waals surface area contributed by atoms with Crippen LogP contribution in [0.25, 0.3) is 0 Å². The van der Waals surface area contributed by atoms with Gasteiger partial charge in [-0.1, -0.05) is 35.6 Å². The SMILES string of the molecule is O=C(Nc1nncs1)C1NCCc2ccccc21. The van der Waals surface area contributed by atoms with E-state index >= 15 is 0 Å². The van der Waals surface area contributed by atoms with Crippen LogP contribution in [-0.2, 0) is 11.2 Å². The van der Waals surface area contributed by atoms with Gasteiger partial charge in [0.25, 0.3) is 0 Å². The van der Waals surface area contributed by atoms with E-state index in [0.29, 0.717) is 5.13 Å². The second kappa shape index (κ2) is 4.83. The zero-order valence-corrected chi connectivity index (χ0v) is 10.4. The molecule has 3 rings (SSSR count). The van der Waals surface area contributed by atoms with Crippen LogP contribution in [0, 0.1) is 0 Å². The average Bonchev–Trinajstić information content (AvgIpc) is 2.91. The van der Waals surface area contributed by atoms with E-state index in [9.17, 15) is 4.79 Å². The van der Waals surface area contributed by atoms with Crippen molar-refractivity contribution in [3.63, 3.8) is 0 Å². The van der Waals surface area contributed by atoms with Crippen molar-refractivity contribution >= 4 is 22.4 Å². The van der Waals surface area contributed by atoms with Crippen molar-refractivity contribution in [2.45, 2.75) is 12.5 Å². The van der Waals surface area contributed by atoms with Crippen LogP contribution < -0.4 is 10.6 Å². The number of aromatic nitrogens is 2. The fourth-order valence-corrected chi connectivity index (χ4v) is 2.59. The average molecular weight is 260 g/mol. The predicted octanol–water partition coefficient (Wildman–Crippen LogP) is 1.36. The van der Waals surface area contributed by atoms with Gasteiger partial charge >= 0.3 is 0 Å². The fraction of sp³-hybridized carbons (Fsp3) is 0.250. The third kappa shape index (κ3) is 2.12. The minimum atomic E-state index is -0.307. The van der Waals surface area contributed by atoms with Gasteiger partial charge in [0.1, 0.15) is 11.6 Å². The van der Waals surface area contributed by atoms with Gasteiger partial charge in [-0.2, -0.15) is 0 Å². The molecule has 92 valence electrons. The number of fused-ring (bicyclic) bond motifs is 1. The smallest absolute Gasteiger partial charge is 0.247 e. The van der Waals surface area contributed by atoms with Gasteiger partial charge in [0.15, 0.2) is 0 Å². The molecule has 0 aliphatic carbocycles. The third-order valence-corrected chi connectivity index (χ3v) is 3.57. The molecule has 5 nitrogen and oxygen atoms in total. The Bertz CT molecular complexity index is 555. The van der Waals surface area contributed by atoms with Gasteiger partial charge in [-0.3, -0.25) is 10.1 Å². The van der Waals surface area contributed by atoms with Crippen LogP contribution in [0.2, 0.25) is 0 Å². The number of anilines is 1. The van der Waals surface area contributed by atoms with Crippen LogP contribution in [0.4, 0.5) is 5.13 Å². The highest BCUT2D eigenvalue weighted by Gasteiger charge is 2.26. The Kier molecular flexibility index (Phi) is 3.04. The van der Waals surface area contributed by atoms with E-state index in [-0.39, 0.29) is 11.9 Å². The van der Waals surface area contributed by atoms with E-state index in [1.165, 1.54) is 16.9 Å². The lowest BCUT2D eigenvalue weighted by molar-refractivity contribution is -0.118. The van der Waals surface area contributed by atoms with Crippen LogP contribution in [-0.4, -0.2) is 22.6 Å². The molecule has 0 radical (unpaired) electrons. The summed E-state index contributed by atoms with van der Waals surface area (Å²) in [5, 5.41) is 14.1. The highest BCUT2D eigenvalue weighted by atomic mass is 32.1. The van der Waals surface area contributed by atoms with Crippen molar-refractivity contribution < 1.29 is 4.79 Å².